The Kier molecular flexibility index (Phi) is 2.95. The maximum Gasteiger partial charge on any atom is 0.177 e. The van der Waals surface area contributed by atoms with Crippen molar-refractivity contribution in [1.29, 1.82) is 0 Å². The van der Waals surface area contributed by atoms with Gasteiger partial charge in [-0.05, 0) is 18.2 Å². The molecule has 0 amide bonds. The van der Waals surface area contributed by atoms with Crippen LogP contribution in [-0.4, -0.2) is 22.7 Å². The van der Waals surface area contributed by atoms with Crippen LogP contribution in [0.4, 0.5) is 0 Å². The van der Waals surface area contributed by atoms with Gasteiger partial charge in [0.25, 0.3) is 0 Å². The van der Waals surface area contributed by atoms with Crippen LogP contribution in [0.2, 0.25) is 0 Å². The van der Waals surface area contributed by atoms with E-state index in [4.69, 9.17) is 4.74 Å². The molecular weight excluding hydrogens is 216 g/mol. The summed E-state index contributed by atoms with van der Waals surface area (Å²) >= 11 is 0. The summed E-state index contributed by atoms with van der Waals surface area (Å²) in [5.41, 5.74) is 2.22. The number of nitrogens with zero attached hydrogens (tertiary/aromatic N) is 2. The van der Waals surface area contributed by atoms with Crippen molar-refractivity contribution < 1.29 is 9.53 Å². The zero-order valence-electron chi connectivity index (χ0n) is 10.1. The van der Waals surface area contributed by atoms with E-state index in [1.807, 2.05) is 24.3 Å². The number of hydrogen-bond acceptors (Lipinski definition) is 3. The summed E-state index contributed by atoms with van der Waals surface area (Å²) in [5, 5.41) is 4.33. The lowest BCUT2D eigenvalue weighted by Crippen LogP contribution is -2.02. The zero-order valence-corrected chi connectivity index (χ0v) is 10.1. The smallest absolute Gasteiger partial charge is 0.177 e. The monoisotopic (exact) mass is 230 g/mol. The molecule has 4 heteroatoms. The Labute approximate surface area is 99.8 Å². The van der Waals surface area contributed by atoms with Crippen LogP contribution in [0.1, 0.15) is 17.4 Å². The van der Waals surface area contributed by atoms with Crippen molar-refractivity contribution >= 4 is 5.78 Å². The quantitative estimate of drug-likeness (QED) is 0.760. The van der Waals surface area contributed by atoms with Gasteiger partial charge in [0.15, 0.2) is 5.78 Å². The van der Waals surface area contributed by atoms with E-state index in [-0.39, 0.29) is 5.78 Å². The van der Waals surface area contributed by atoms with Crippen molar-refractivity contribution in [3.8, 4) is 17.0 Å². The van der Waals surface area contributed by atoms with E-state index in [1.54, 1.807) is 24.9 Å². The number of carbonyl (C=O) groups excluding carboxylic acids is 1. The van der Waals surface area contributed by atoms with E-state index >= 15 is 0 Å². The molecule has 2 aromatic rings. The molecule has 0 unspecified atom stereocenters. The Balaban J connectivity index is 2.53. The topological polar surface area (TPSA) is 44.1 Å². The minimum Gasteiger partial charge on any atom is -0.496 e. The van der Waals surface area contributed by atoms with Crippen LogP contribution < -0.4 is 4.74 Å². The average molecular weight is 230 g/mol. The van der Waals surface area contributed by atoms with Crippen molar-refractivity contribution in [3.63, 3.8) is 0 Å². The number of benzene rings is 1. The summed E-state index contributed by atoms with van der Waals surface area (Å²) in [4.78, 5) is 11.4. The van der Waals surface area contributed by atoms with E-state index in [0.717, 1.165) is 17.0 Å². The number of Topliss-reactive ketones (excluding diaryl/α,β-unsaturated/α-hetero) is 1. The molecule has 0 atom stereocenters. The predicted octanol–water partition coefficient (Wildman–Crippen LogP) is 2.30. The molecule has 1 aromatic carbocycles. The van der Waals surface area contributed by atoms with Crippen LogP contribution in [-0.2, 0) is 7.05 Å². The largest absolute Gasteiger partial charge is 0.496 e. The number of aryl methyl sites for hydroxylation is 1. The molecular formula is C13H14N2O2. The van der Waals surface area contributed by atoms with Gasteiger partial charge in [0, 0.05) is 19.5 Å². The molecule has 0 bridgehead atoms. The van der Waals surface area contributed by atoms with Gasteiger partial charge in [-0.3, -0.25) is 9.48 Å². The van der Waals surface area contributed by atoms with E-state index in [1.165, 1.54) is 6.92 Å². The molecule has 0 fully saturated rings. The van der Waals surface area contributed by atoms with E-state index < -0.39 is 0 Å². The summed E-state index contributed by atoms with van der Waals surface area (Å²) in [6.45, 7) is 1.53. The first-order valence-corrected chi connectivity index (χ1v) is 5.32. The van der Waals surface area contributed by atoms with Crippen molar-refractivity contribution in [2.75, 3.05) is 7.11 Å². The van der Waals surface area contributed by atoms with Crippen molar-refractivity contribution in [3.05, 3.63) is 36.0 Å². The van der Waals surface area contributed by atoms with Crippen molar-refractivity contribution in [1.82, 2.24) is 9.78 Å². The molecule has 0 N–H and O–H groups in total. The van der Waals surface area contributed by atoms with Crippen molar-refractivity contribution in [2.24, 2.45) is 7.05 Å². The van der Waals surface area contributed by atoms with Gasteiger partial charge in [0.05, 0.1) is 12.8 Å². The van der Waals surface area contributed by atoms with Gasteiger partial charge in [-0.1, -0.05) is 12.1 Å². The second kappa shape index (κ2) is 4.41. The van der Waals surface area contributed by atoms with Crippen LogP contribution in [0, 0.1) is 0 Å². The highest BCUT2D eigenvalue weighted by Gasteiger charge is 2.13. The Morgan fingerprint density at radius 2 is 2.06 bits per heavy atom. The highest BCUT2D eigenvalue weighted by Crippen LogP contribution is 2.28. The molecule has 0 saturated heterocycles. The lowest BCUT2D eigenvalue weighted by molar-refractivity contribution is 0.100. The SMILES string of the molecule is COc1ccccc1-c1cc(C(C)=O)n(C)n1. The lowest BCUT2D eigenvalue weighted by atomic mass is 10.1. The number of hydrogen-bond donors (Lipinski definition) is 0. The normalized spacial score (nSPS) is 10.3. The maximum atomic E-state index is 11.4. The third kappa shape index (κ3) is 2.06. The number of carbonyl (C=O) groups is 1. The van der Waals surface area contributed by atoms with Gasteiger partial charge >= 0.3 is 0 Å². The molecule has 1 aromatic heterocycles. The Morgan fingerprint density at radius 1 is 1.35 bits per heavy atom. The number of aromatic nitrogens is 2. The summed E-state index contributed by atoms with van der Waals surface area (Å²) < 4.78 is 6.86. The molecule has 4 nitrogen and oxygen atoms in total. The standard InChI is InChI=1S/C13H14N2O2/c1-9(16)12-8-11(14-15(12)2)10-6-4-5-7-13(10)17-3/h4-8H,1-3H3. The van der Waals surface area contributed by atoms with Crippen LogP contribution in [0.25, 0.3) is 11.3 Å². The first kappa shape index (κ1) is 11.4. The Hall–Kier alpha value is -2.10. The highest BCUT2D eigenvalue weighted by atomic mass is 16.5. The number of rotatable bonds is 3. The first-order valence-electron chi connectivity index (χ1n) is 5.32. The lowest BCUT2D eigenvalue weighted by Gasteiger charge is -2.04. The molecule has 1 heterocycles. The Morgan fingerprint density at radius 3 is 2.65 bits per heavy atom. The van der Waals surface area contributed by atoms with Gasteiger partial charge in [-0.2, -0.15) is 5.10 Å². The fourth-order valence-electron chi connectivity index (χ4n) is 1.78. The van der Waals surface area contributed by atoms with Gasteiger partial charge in [0.1, 0.15) is 11.4 Å². The summed E-state index contributed by atoms with van der Waals surface area (Å²) in [6, 6.07) is 9.39. The molecule has 0 saturated carbocycles. The van der Waals surface area contributed by atoms with E-state index in [9.17, 15) is 4.79 Å². The van der Waals surface area contributed by atoms with Gasteiger partial charge in [-0.25, -0.2) is 0 Å². The van der Waals surface area contributed by atoms with Gasteiger partial charge in [-0.15, -0.1) is 0 Å². The molecule has 88 valence electrons. The van der Waals surface area contributed by atoms with Gasteiger partial charge in [0.2, 0.25) is 0 Å². The number of ether oxygens (including phenoxy) is 1. The summed E-state index contributed by atoms with van der Waals surface area (Å²) in [5.74, 6) is 0.752. The molecule has 17 heavy (non-hydrogen) atoms. The fourth-order valence-corrected chi connectivity index (χ4v) is 1.78. The van der Waals surface area contributed by atoms with Crippen molar-refractivity contribution in [2.45, 2.75) is 6.92 Å². The van der Waals surface area contributed by atoms with E-state index in [0.29, 0.717) is 5.69 Å². The number of ketones is 1. The molecule has 0 spiro atoms. The number of para-hydroxylation sites is 1. The first-order chi connectivity index (χ1) is 8.13. The van der Waals surface area contributed by atoms with Crippen LogP contribution in [0.15, 0.2) is 30.3 Å². The average Bonchev–Trinajstić information content (AvgIpc) is 2.71. The minimum atomic E-state index is 0.00106. The van der Waals surface area contributed by atoms with Crippen LogP contribution in [0.3, 0.4) is 0 Å². The highest BCUT2D eigenvalue weighted by molar-refractivity contribution is 5.93. The third-order valence-corrected chi connectivity index (χ3v) is 2.62. The van der Waals surface area contributed by atoms with Crippen LogP contribution in [0.5, 0.6) is 5.75 Å². The van der Waals surface area contributed by atoms with E-state index in [2.05, 4.69) is 5.10 Å². The molecule has 2 rings (SSSR count). The number of methoxy groups -OCH3 is 1. The predicted molar refractivity (Wildman–Crippen MR) is 65.2 cm³/mol. The van der Waals surface area contributed by atoms with Crippen LogP contribution >= 0.6 is 0 Å². The molecule has 0 aliphatic rings. The van der Waals surface area contributed by atoms with Gasteiger partial charge < -0.3 is 4.74 Å². The fraction of sp³-hybridized carbons (Fsp3) is 0.231. The molecule has 0 aliphatic carbocycles. The molecule has 0 radical (unpaired) electrons. The molecule has 0 aliphatic heterocycles. The Bertz CT molecular complexity index is 558. The summed E-state index contributed by atoms with van der Waals surface area (Å²) in [6.07, 6.45) is 0. The minimum absolute atomic E-state index is 0.00106. The third-order valence-electron chi connectivity index (χ3n) is 2.62. The maximum absolute atomic E-state index is 11.4. The zero-order chi connectivity index (χ0) is 12.4. The second-order valence-corrected chi connectivity index (χ2v) is 3.79. The second-order valence-electron chi connectivity index (χ2n) is 3.79. The summed E-state index contributed by atoms with van der Waals surface area (Å²) in [7, 11) is 3.38.